The number of aryl methyl sites for hydroxylation is 4. The number of carbonyl (C=O) groups excluding carboxylic acids is 1. The maximum atomic E-state index is 14.1. The Morgan fingerprint density at radius 2 is 1.32 bits per heavy atom. The summed E-state index contributed by atoms with van der Waals surface area (Å²) in [5.74, 6) is -2.43. The number of hydrogen-bond donors (Lipinski definition) is 2. The third kappa shape index (κ3) is 5.35. The highest BCUT2D eigenvalue weighted by molar-refractivity contribution is 6.02. The van der Waals surface area contributed by atoms with Crippen molar-refractivity contribution < 1.29 is 22.7 Å². The van der Waals surface area contributed by atoms with Crippen LogP contribution in [0.5, 0.6) is 5.75 Å². The zero-order valence-electron chi connectivity index (χ0n) is 30.4. The second-order valence-corrected chi connectivity index (χ2v) is 13.2. The van der Waals surface area contributed by atoms with Crippen molar-refractivity contribution in [1.82, 2.24) is 19.9 Å². The highest BCUT2D eigenvalue weighted by Crippen LogP contribution is 2.50. The zero-order chi connectivity index (χ0) is 36.1. The molecule has 6 nitrogen and oxygen atoms in total. The monoisotopic (exact) mass is 684 g/mol. The van der Waals surface area contributed by atoms with Crippen LogP contribution in [0.25, 0.3) is 44.1 Å². The zero-order valence-corrected chi connectivity index (χ0v) is 30.4. The van der Waals surface area contributed by atoms with Crippen LogP contribution in [0.3, 0.4) is 0 Å². The van der Waals surface area contributed by atoms with Gasteiger partial charge in [0, 0.05) is 27.4 Å². The molecule has 1 aromatic carbocycles. The number of esters is 1. The molecule has 0 spiro atoms. The number of rotatable bonds is 9. The summed E-state index contributed by atoms with van der Waals surface area (Å²) < 4.78 is 47.7. The maximum Gasteiger partial charge on any atom is 0.491 e. The van der Waals surface area contributed by atoms with Crippen molar-refractivity contribution in [2.75, 3.05) is 0 Å². The van der Waals surface area contributed by atoms with Gasteiger partial charge < -0.3 is 14.7 Å². The fourth-order valence-corrected chi connectivity index (χ4v) is 8.53. The topological polar surface area (TPSA) is 83.7 Å². The molecule has 0 saturated carbocycles. The van der Waals surface area contributed by atoms with E-state index in [0.717, 1.165) is 81.3 Å². The molecular weight excluding hydrogens is 637 g/mol. The molecule has 5 heterocycles. The van der Waals surface area contributed by atoms with Crippen molar-refractivity contribution in [1.29, 1.82) is 0 Å². The summed E-state index contributed by atoms with van der Waals surface area (Å²) in [6, 6.07) is 10.2. The van der Waals surface area contributed by atoms with Crippen molar-refractivity contribution in [2.24, 2.45) is 0 Å². The van der Waals surface area contributed by atoms with Crippen LogP contribution in [0.2, 0.25) is 0 Å². The van der Waals surface area contributed by atoms with E-state index in [-0.39, 0.29) is 5.75 Å². The Bertz CT molecular complexity index is 2200. The van der Waals surface area contributed by atoms with Gasteiger partial charge in [0.2, 0.25) is 0 Å². The van der Waals surface area contributed by atoms with Gasteiger partial charge in [-0.25, -0.2) is 14.8 Å². The number of para-hydroxylation sites is 1. The average molecular weight is 685 g/mol. The number of aromatic nitrogens is 4. The molecule has 50 heavy (non-hydrogen) atoms. The molecule has 0 radical (unpaired) electrons. The van der Waals surface area contributed by atoms with Crippen LogP contribution < -0.4 is 4.74 Å². The average Bonchev–Trinajstić information content (AvgIpc) is 3.84. The molecule has 4 aromatic rings. The Morgan fingerprint density at radius 1 is 0.740 bits per heavy atom. The first-order valence-electron chi connectivity index (χ1n) is 18.2. The van der Waals surface area contributed by atoms with E-state index in [1.54, 1.807) is 0 Å². The molecule has 0 amide bonds. The van der Waals surface area contributed by atoms with Crippen molar-refractivity contribution in [3.8, 4) is 5.75 Å². The summed E-state index contributed by atoms with van der Waals surface area (Å²) in [5.41, 5.74) is 12.4. The highest BCUT2D eigenvalue weighted by atomic mass is 19.4. The van der Waals surface area contributed by atoms with E-state index in [9.17, 15) is 18.0 Å². The van der Waals surface area contributed by atoms with Gasteiger partial charge in [-0.1, -0.05) is 73.6 Å². The van der Waals surface area contributed by atoms with Crippen molar-refractivity contribution >= 4 is 50.1 Å². The molecule has 0 saturated heterocycles. The lowest BCUT2D eigenvalue weighted by Crippen LogP contribution is -2.30. The number of benzene rings is 1. The molecule has 2 N–H and O–H groups in total. The molecule has 0 unspecified atom stereocenters. The molecule has 264 valence electrons. The van der Waals surface area contributed by atoms with Gasteiger partial charge in [-0.2, -0.15) is 13.2 Å². The minimum atomic E-state index is -5.20. The number of allylic oxidation sites excluding steroid dienone is 2. The second kappa shape index (κ2) is 13.4. The van der Waals surface area contributed by atoms with E-state index in [1.165, 1.54) is 16.7 Å². The van der Waals surface area contributed by atoms with E-state index in [2.05, 4.69) is 49.8 Å². The van der Waals surface area contributed by atoms with Crippen LogP contribution in [0, 0.1) is 0 Å². The number of ether oxygens (including phenoxy) is 1. The van der Waals surface area contributed by atoms with Crippen LogP contribution in [-0.4, -0.2) is 32.1 Å². The SMILES string of the molecule is CCC1=C(CC)c2nc1cc1[nH]c(cc3[nH]c(c(CC)c3CC)c(OC(=O)C(F)(F)F)c3nc4c(cccc24)C3(CC)CC)c(CC)c1CC. The fraction of sp³-hybridized carbons (Fsp3) is 0.439. The third-order valence-corrected chi connectivity index (χ3v) is 11.0. The number of alkyl halides is 3. The van der Waals surface area contributed by atoms with Crippen LogP contribution in [-0.2, 0) is 35.9 Å². The minimum Gasteiger partial charge on any atom is -0.416 e. The Balaban J connectivity index is 1.97. The van der Waals surface area contributed by atoms with Gasteiger partial charge in [-0.05, 0) is 102 Å². The highest BCUT2D eigenvalue weighted by Gasteiger charge is 2.46. The first-order chi connectivity index (χ1) is 24.0. The molecule has 0 atom stereocenters. The van der Waals surface area contributed by atoms with Gasteiger partial charge in [-0.3, -0.25) is 0 Å². The lowest BCUT2D eigenvalue weighted by atomic mass is 9.73. The second-order valence-electron chi connectivity index (χ2n) is 13.2. The van der Waals surface area contributed by atoms with Crippen molar-refractivity contribution in [2.45, 2.75) is 118 Å². The number of hydrogen-bond acceptors (Lipinski definition) is 4. The number of carbonyl (C=O) groups is 1. The van der Waals surface area contributed by atoms with Crippen LogP contribution in [0.4, 0.5) is 13.2 Å². The Morgan fingerprint density at radius 3 is 1.88 bits per heavy atom. The molecule has 6 rings (SSSR count). The van der Waals surface area contributed by atoms with Gasteiger partial charge in [0.1, 0.15) is 0 Å². The molecular formula is C41H47F3N4O2. The summed E-state index contributed by atoms with van der Waals surface area (Å²) in [5, 5.41) is 0.825. The molecule has 0 aliphatic carbocycles. The number of nitrogens with one attached hydrogen (secondary N) is 2. The normalized spacial score (nSPS) is 14.3. The lowest BCUT2D eigenvalue weighted by Gasteiger charge is -2.29. The van der Waals surface area contributed by atoms with E-state index in [0.29, 0.717) is 42.4 Å². The van der Waals surface area contributed by atoms with Crippen LogP contribution in [0.15, 0.2) is 30.3 Å². The number of halogens is 3. The first-order valence-corrected chi connectivity index (χ1v) is 18.2. The van der Waals surface area contributed by atoms with Gasteiger partial charge in [0.05, 0.1) is 28.1 Å². The van der Waals surface area contributed by atoms with Gasteiger partial charge in [-0.15, -0.1) is 0 Å². The summed E-state index contributed by atoms with van der Waals surface area (Å²) in [7, 11) is 0. The molecule has 8 bridgehead atoms. The first kappa shape index (κ1) is 35.4. The molecule has 2 aliphatic rings. The largest absolute Gasteiger partial charge is 0.491 e. The van der Waals surface area contributed by atoms with E-state index in [1.807, 2.05) is 45.9 Å². The van der Waals surface area contributed by atoms with E-state index >= 15 is 0 Å². The fourth-order valence-electron chi connectivity index (χ4n) is 8.53. The summed E-state index contributed by atoms with van der Waals surface area (Å²) in [4.78, 5) is 30.5. The quantitative estimate of drug-likeness (QED) is 0.172. The van der Waals surface area contributed by atoms with Gasteiger partial charge in [0.15, 0.2) is 5.75 Å². The number of fused-ring (bicyclic) bond motifs is 8. The predicted molar refractivity (Wildman–Crippen MR) is 196 cm³/mol. The van der Waals surface area contributed by atoms with Gasteiger partial charge in [0.25, 0.3) is 0 Å². The van der Waals surface area contributed by atoms with Crippen molar-refractivity contribution in [3.05, 3.63) is 75.2 Å². The Hall–Kier alpha value is -4.40. The van der Waals surface area contributed by atoms with Gasteiger partial charge >= 0.3 is 12.1 Å². The van der Waals surface area contributed by atoms with E-state index in [4.69, 9.17) is 14.7 Å². The van der Waals surface area contributed by atoms with Crippen LogP contribution >= 0.6 is 0 Å². The lowest BCUT2D eigenvalue weighted by molar-refractivity contribution is -0.189. The number of nitrogens with zero attached hydrogens (tertiary/aromatic N) is 2. The predicted octanol–water partition coefficient (Wildman–Crippen LogP) is 11.0. The summed E-state index contributed by atoms with van der Waals surface area (Å²) in [6.07, 6.45) is 0.148. The molecule has 0 fully saturated rings. The minimum absolute atomic E-state index is 0.164. The Labute approximate surface area is 291 Å². The molecule has 2 aliphatic heterocycles. The summed E-state index contributed by atoms with van der Waals surface area (Å²) >= 11 is 0. The molecule has 9 heteroatoms. The van der Waals surface area contributed by atoms with Crippen molar-refractivity contribution in [3.63, 3.8) is 0 Å². The van der Waals surface area contributed by atoms with E-state index < -0.39 is 17.6 Å². The standard InChI is InChI=1S/C41H47F3N4O2/c1-9-22-23(10-2)31-21-33-25(12-4)27(14-6)36(47-33)37(50-39(49)41(42,43)44)38-40(15-7,16-8)29-19-17-18-28(35(29)48-38)34-26(13-5)24(11-3)32(46-34)20-30(22)45-31/h17-21,45,47H,9-16H2,1-8H3. The Kier molecular flexibility index (Phi) is 9.48. The number of aromatic amines is 2. The summed E-state index contributed by atoms with van der Waals surface area (Å²) in [6.45, 7) is 16.6. The molecule has 3 aromatic heterocycles. The smallest absolute Gasteiger partial charge is 0.416 e. The maximum absolute atomic E-state index is 14.1. The third-order valence-electron chi connectivity index (χ3n) is 11.0. The van der Waals surface area contributed by atoms with Crippen LogP contribution in [0.1, 0.15) is 126 Å². The number of H-pyrrole nitrogens is 2.